The number of carbonyl (C=O) groups excluding carboxylic acids is 1. The van der Waals surface area contributed by atoms with Gasteiger partial charge in [0.25, 0.3) is 0 Å². The van der Waals surface area contributed by atoms with Crippen LogP contribution in [-0.4, -0.2) is 25.9 Å². The van der Waals surface area contributed by atoms with Crippen molar-refractivity contribution in [3.63, 3.8) is 0 Å². The number of nitrogens with one attached hydrogen (secondary N) is 1. The Morgan fingerprint density at radius 2 is 2.12 bits per heavy atom. The molecule has 2 aromatic rings. The van der Waals surface area contributed by atoms with Crippen molar-refractivity contribution in [2.75, 3.05) is 5.32 Å². The average molecular weight is 238 g/mol. The maximum atomic E-state index is 10.8. The van der Waals surface area contributed by atoms with Gasteiger partial charge in [-0.3, -0.25) is 4.79 Å². The van der Waals surface area contributed by atoms with Crippen LogP contribution >= 0.6 is 11.6 Å². The standard InChI is InChI=1S/C9H8ClN5O/c1-6(16)14-7-4-8(10)9(11-5-7)15-12-2-3-13-15/h2-5H,1H3,(H,14,16). The molecule has 0 aliphatic carbocycles. The van der Waals surface area contributed by atoms with E-state index in [-0.39, 0.29) is 5.91 Å². The molecule has 2 aromatic heterocycles. The smallest absolute Gasteiger partial charge is 0.221 e. The van der Waals surface area contributed by atoms with Crippen LogP contribution in [0.2, 0.25) is 5.02 Å². The van der Waals surface area contributed by atoms with Crippen molar-refractivity contribution in [1.82, 2.24) is 20.0 Å². The van der Waals surface area contributed by atoms with Crippen LogP contribution in [0.15, 0.2) is 24.7 Å². The largest absolute Gasteiger partial charge is 0.325 e. The highest BCUT2D eigenvalue weighted by Crippen LogP contribution is 2.20. The summed E-state index contributed by atoms with van der Waals surface area (Å²) < 4.78 is 0. The third-order valence-electron chi connectivity index (χ3n) is 1.75. The number of pyridine rings is 1. The number of hydrogen-bond acceptors (Lipinski definition) is 4. The van der Waals surface area contributed by atoms with Crippen molar-refractivity contribution in [2.24, 2.45) is 0 Å². The van der Waals surface area contributed by atoms with E-state index >= 15 is 0 Å². The second-order valence-electron chi connectivity index (χ2n) is 3.03. The van der Waals surface area contributed by atoms with E-state index in [0.717, 1.165) is 0 Å². The Hall–Kier alpha value is -1.95. The molecule has 0 fully saturated rings. The van der Waals surface area contributed by atoms with Crippen molar-refractivity contribution in [3.05, 3.63) is 29.7 Å². The zero-order valence-corrected chi connectivity index (χ0v) is 9.14. The number of halogens is 1. The minimum atomic E-state index is -0.178. The lowest BCUT2D eigenvalue weighted by Gasteiger charge is -2.05. The SMILES string of the molecule is CC(=O)Nc1cnc(-n2nccn2)c(Cl)c1. The molecule has 0 atom stereocenters. The van der Waals surface area contributed by atoms with Gasteiger partial charge in [0.15, 0.2) is 5.82 Å². The first-order valence-electron chi connectivity index (χ1n) is 4.46. The third-order valence-corrected chi connectivity index (χ3v) is 2.03. The molecule has 0 saturated carbocycles. The number of nitrogens with zero attached hydrogens (tertiary/aromatic N) is 4. The zero-order chi connectivity index (χ0) is 11.5. The number of aromatic nitrogens is 4. The normalized spacial score (nSPS) is 10.1. The van der Waals surface area contributed by atoms with Crippen molar-refractivity contribution < 1.29 is 4.79 Å². The first kappa shape index (κ1) is 10.6. The summed E-state index contributed by atoms with van der Waals surface area (Å²) in [5, 5.41) is 10.8. The quantitative estimate of drug-likeness (QED) is 0.854. The second-order valence-corrected chi connectivity index (χ2v) is 3.44. The minimum absolute atomic E-state index is 0.178. The van der Waals surface area contributed by atoms with Crippen molar-refractivity contribution in [3.8, 4) is 5.82 Å². The molecule has 0 unspecified atom stereocenters. The van der Waals surface area contributed by atoms with Gasteiger partial charge in [-0.05, 0) is 6.07 Å². The van der Waals surface area contributed by atoms with Crippen LogP contribution in [0.5, 0.6) is 0 Å². The molecule has 6 nitrogen and oxygen atoms in total. The molecule has 0 spiro atoms. The van der Waals surface area contributed by atoms with Gasteiger partial charge < -0.3 is 5.32 Å². The molecule has 0 saturated heterocycles. The summed E-state index contributed by atoms with van der Waals surface area (Å²) in [7, 11) is 0. The van der Waals surface area contributed by atoms with Gasteiger partial charge in [-0.15, -0.1) is 4.80 Å². The van der Waals surface area contributed by atoms with Crippen molar-refractivity contribution in [1.29, 1.82) is 0 Å². The Morgan fingerprint density at radius 1 is 1.44 bits per heavy atom. The zero-order valence-electron chi connectivity index (χ0n) is 8.38. The molecule has 16 heavy (non-hydrogen) atoms. The highest BCUT2D eigenvalue weighted by Gasteiger charge is 2.07. The Labute approximate surface area is 96.2 Å². The van der Waals surface area contributed by atoms with E-state index in [1.165, 1.54) is 30.3 Å². The lowest BCUT2D eigenvalue weighted by Crippen LogP contribution is -2.08. The van der Waals surface area contributed by atoms with Gasteiger partial charge in [0, 0.05) is 6.92 Å². The van der Waals surface area contributed by atoms with Gasteiger partial charge in [-0.1, -0.05) is 11.6 Å². The van der Waals surface area contributed by atoms with Crippen LogP contribution in [0.4, 0.5) is 5.69 Å². The molecule has 2 heterocycles. The summed E-state index contributed by atoms with van der Waals surface area (Å²) in [6, 6.07) is 1.59. The number of carbonyl (C=O) groups is 1. The van der Waals surface area contributed by atoms with E-state index in [1.54, 1.807) is 6.07 Å². The number of amides is 1. The summed E-state index contributed by atoms with van der Waals surface area (Å²) in [4.78, 5) is 16.2. The summed E-state index contributed by atoms with van der Waals surface area (Å²) in [6.45, 7) is 1.41. The molecule has 1 amide bonds. The van der Waals surface area contributed by atoms with Crippen LogP contribution in [0, 0.1) is 0 Å². The van der Waals surface area contributed by atoms with Gasteiger partial charge in [0.2, 0.25) is 5.91 Å². The topological polar surface area (TPSA) is 72.7 Å². The van der Waals surface area contributed by atoms with E-state index in [9.17, 15) is 4.79 Å². The third kappa shape index (κ3) is 2.17. The van der Waals surface area contributed by atoms with Gasteiger partial charge in [0.1, 0.15) is 0 Å². The number of rotatable bonds is 2. The lowest BCUT2D eigenvalue weighted by molar-refractivity contribution is -0.114. The number of hydrogen-bond donors (Lipinski definition) is 1. The highest BCUT2D eigenvalue weighted by atomic mass is 35.5. The van der Waals surface area contributed by atoms with Gasteiger partial charge in [-0.25, -0.2) is 4.98 Å². The van der Waals surface area contributed by atoms with E-state index in [2.05, 4.69) is 20.5 Å². The average Bonchev–Trinajstić information content (AvgIpc) is 2.69. The molecule has 82 valence electrons. The molecule has 0 aliphatic rings. The van der Waals surface area contributed by atoms with E-state index < -0.39 is 0 Å². The Bertz CT molecular complexity index is 511. The van der Waals surface area contributed by atoms with Gasteiger partial charge >= 0.3 is 0 Å². The number of anilines is 1. The van der Waals surface area contributed by atoms with Crippen LogP contribution in [-0.2, 0) is 4.79 Å². The Morgan fingerprint density at radius 3 is 2.69 bits per heavy atom. The maximum Gasteiger partial charge on any atom is 0.221 e. The van der Waals surface area contributed by atoms with Crippen LogP contribution < -0.4 is 5.32 Å². The summed E-state index contributed by atoms with van der Waals surface area (Å²) in [5.74, 6) is 0.239. The van der Waals surface area contributed by atoms with Crippen LogP contribution in [0.25, 0.3) is 5.82 Å². The summed E-state index contributed by atoms with van der Waals surface area (Å²) in [6.07, 6.45) is 4.55. The molecule has 0 aromatic carbocycles. The molecule has 2 rings (SSSR count). The molecule has 0 bridgehead atoms. The van der Waals surface area contributed by atoms with Crippen molar-refractivity contribution >= 4 is 23.2 Å². The molecule has 1 N–H and O–H groups in total. The maximum absolute atomic E-state index is 10.8. The minimum Gasteiger partial charge on any atom is -0.325 e. The van der Waals surface area contributed by atoms with Crippen LogP contribution in [0.1, 0.15) is 6.92 Å². The van der Waals surface area contributed by atoms with E-state index in [0.29, 0.717) is 16.5 Å². The molecular weight excluding hydrogens is 230 g/mol. The first-order valence-corrected chi connectivity index (χ1v) is 4.84. The predicted molar refractivity (Wildman–Crippen MR) is 58.5 cm³/mol. The van der Waals surface area contributed by atoms with Crippen molar-refractivity contribution in [2.45, 2.75) is 6.92 Å². The Kier molecular flexibility index (Phi) is 2.82. The summed E-state index contributed by atoms with van der Waals surface area (Å²) >= 11 is 5.99. The van der Waals surface area contributed by atoms with E-state index in [1.807, 2.05) is 0 Å². The Balaban J connectivity index is 2.34. The highest BCUT2D eigenvalue weighted by molar-refractivity contribution is 6.32. The van der Waals surface area contributed by atoms with Gasteiger partial charge in [0.05, 0.1) is 29.3 Å². The van der Waals surface area contributed by atoms with E-state index in [4.69, 9.17) is 11.6 Å². The fraction of sp³-hybridized carbons (Fsp3) is 0.111. The first-order chi connectivity index (χ1) is 7.66. The lowest BCUT2D eigenvalue weighted by atomic mass is 10.4. The van der Waals surface area contributed by atoms with Gasteiger partial charge in [-0.2, -0.15) is 10.2 Å². The molecule has 0 radical (unpaired) electrons. The second kappa shape index (κ2) is 4.28. The molecule has 7 heteroatoms. The fourth-order valence-corrected chi connectivity index (χ4v) is 1.42. The molecule has 0 aliphatic heterocycles. The fourth-order valence-electron chi connectivity index (χ4n) is 1.17. The monoisotopic (exact) mass is 237 g/mol. The van der Waals surface area contributed by atoms with Crippen LogP contribution in [0.3, 0.4) is 0 Å². The molecular formula is C9H8ClN5O. The summed E-state index contributed by atoms with van der Waals surface area (Å²) in [5.41, 5.74) is 0.536. The predicted octanol–water partition coefficient (Wildman–Crippen LogP) is 1.27.